The lowest BCUT2D eigenvalue weighted by molar-refractivity contribution is -0.00429. The molecule has 1 aliphatic rings. The number of hydrogen-bond donors (Lipinski definition) is 0. The highest BCUT2D eigenvalue weighted by atomic mass is 32.1. The Morgan fingerprint density at radius 3 is 2.50 bits per heavy atom. The summed E-state index contributed by atoms with van der Waals surface area (Å²) >= 11 is 1.58. The van der Waals surface area contributed by atoms with Crippen molar-refractivity contribution >= 4 is 37.3 Å². The van der Waals surface area contributed by atoms with E-state index < -0.39 is 5.54 Å². The Morgan fingerprint density at radius 1 is 1.04 bits per heavy atom. The van der Waals surface area contributed by atoms with Crippen LogP contribution in [0.25, 0.3) is 20.2 Å². The number of carbonyl (C=O) groups is 1. The number of rotatable bonds is 3. The zero-order valence-corrected chi connectivity index (χ0v) is 15.8. The third kappa shape index (κ3) is 2.86. The first kappa shape index (κ1) is 17.3. The van der Waals surface area contributed by atoms with E-state index in [1.807, 2.05) is 50.2 Å². The van der Waals surface area contributed by atoms with Crippen LogP contribution in [0.4, 0.5) is 0 Å². The zero-order valence-electron chi connectivity index (χ0n) is 15.0. The fourth-order valence-corrected chi connectivity index (χ4v) is 4.62. The Hall–Kier alpha value is -2.08. The largest absolute Gasteiger partial charge is 0.379 e. The van der Waals surface area contributed by atoms with Gasteiger partial charge in [0, 0.05) is 38.8 Å². The maximum absolute atomic E-state index is 13.2. The summed E-state index contributed by atoms with van der Waals surface area (Å²) in [5.74, 6) is 0.0406. The topological polar surface area (TPSA) is 46.6 Å². The summed E-state index contributed by atoms with van der Waals surface area (Å²) in [6.07, 6.45) is 0. The van der Waals surface area contributed by atoms with Crippen LogP contribution in [0.5, 0.6) is 0 Å². The van der Waals surface area contributed by atoms with Crippen LogP contribution in [0.1, 0.15) is 24.2 Å². The molecule has 3 aromatic rings. The lowest BCUT2D eigenvalue weighted by Crippen LogP contribution is -2.54. The molecule has 0 spiro atoms. The fraction of sp³-hybridized carbons (Fsp3) is 0.333. The third-order valence-electron chi connectivity index (χ3n) is 5.20. The molecule has 4 nitrogen and oxygen atoms in total. The van der Waals surface area contributed by atoms with E-state index in [9.17, 15) is 9.59 Å². The van der Waals surface area contributed by atoms with Gasteiger partial charge in [0.05, 0.1) is 18.8 Å². The summed E-state index contributed by atoms with van der Waals surface area (Å²) in [6.45, 7) is 6.68. The van der Waals surface area contributed by atoms with Gasteiger partial charge in [-0.15, -0.1) is 11.3 Å². The maximum atomic E-state index is 13.2. The van der Waals surface area contributed by atoms with E-state index >= 15 is 0 Å². The van der Waals surface area contributed by atoms with Crippen LogP contribution in [0, 0.1) is 0 Å². The molecule has 1 aromatic heterocycles. The van der Waals surface area contributed by atoms with Crippen LogP contribution in [-0.4, -0.2) is 42.5 Å². The van der Waals surface area contributed by atoms with E-state index in [1.54, 1.807) is 17.4 Å². The van der Waals surface area contributed by atoms with Gasteiger partial charge in [0.15, 0.2) is 11.2 Å². The molecular weight excluding hydrogens is 346 g/mol. The van der Waals surface area contributed by atoms with Gasteiger partial charge in [-0.1, -0.05) is 12.1 Å². The highest BCUT2D eigenvalue weighted by Crippen LogP contribution is 2.27. The smallest absolute Gasteiger partial charge is 0.195 e. The Balaban J connectivity index is 1.79. The predicted molar refractivity (Wildman–Crippen MR) is 106 cm³/mol. The lowest BCUT2D eigenvalue weighted by Gasteiger charge is -2.39. The summed E-state index contributed by atoms with van der Waals surface area (Å²) in [7, 11) is 0. The summed E-state index contributed by atoms with van der Waals surface area (Å²) in [6, 6.07) is 13.1. The van der Waals surface area contributed by atoms with E-state index in [-0.39, 0.29) is 11.2 Å². The molecule has 0 unspecified atom stereocenters. The van der Waals surface area contributed by atoms with Gasteiger partial charge in [-0.05, 0) is 44.2 Å². The average Bonchev–Trinajstić information content (AvgIpc) is 2.68. The highest BCUT2D eigenvalue weighted by molar-refractivity contribution is 7.24. The molecule has 26 heavy (non-hydrogen) atoms. The van der Waals surface area contributed by atoms with Crippen LogP contribution in [0.15, 0.2) is 47.3 Å². The minimum atomic E-state index is -0.624. The van der Waals surface area contributed by atoms with Crippen molar-refractivity contribution in [3.63, 3.8) is 0 Å². The molecular formula is C21H21NO3S. The highest BCUT2D eigenvalue weighted by Gasteiger charge is 2.36. The Bertz CT molecular complexity index is 1050. The molecule has 1 aliphatic heterocycles. The van der Waals surface area contributed by atoms with Crippen molar-refractivity contribution in [2.24, 2.45) is 0 Å². The number of nitrogens with zero attached hydrogens (tertiary/aromatic N) is 1. The average molecular weight is 367 g/mol. The predicted octanol–water partition coefficient (Wildman–Crippen LogP) is 3.71. The first-order valence-electron chi connectivity index (χ1n) is 8.82. The normalized spacial score (nSPS) is 16.2. The molecule has 2 aromatic carbocycles. The second-order valence-corrected chi connectivity index (χ2v) is 8.21. The molecule has 1 saturated heterocycles. The van der Waals surface area contributed by atoms with Crippen molar-refractivity contribution in [2.45, 2.75) is 19.4 Å². The molecule has 134 valence electrons. The van der Waals surface area contributed by atoms with E-state index in [0.29, 0.717) is 29.5 Å². The van der Waals surface area contributed by atoms with Crippen LogP contribution in [0.3, 0.4) is 0 Å². The Labute approximate surface area is 156 Å². The molecule has 0 aliphatic carbocycles. The van der Waals surface area contributed by atoms with Gasteiger partial charge in [-0.2, -0.15) is 0 Å². The third-order valence-corrected chi connectivity index (χ3v) is 6.35. The minimum absolute atomic E-state index is 0.00632. The Kier molecular flexibility index (Phi) is 4.39. The number of hydrogen-bond acceptors (Lipinski definition) is 5. The molecule has 0 saturated carbocycles. The van der Waals surface area contributed by atoms with Gasteiger partial charge in [0.1, 0.15) is 0 Å². The quantitative estimate of drug-likeness (QED) is 0.523. The monoisotopic (exact) mass is 367 g/mol. The second-order valence-electron chi connectivity index (χ2n) is 7.13. The summed E-state index contributed by atoms with van der Waals surface area (Å²) in [5, 5.41) is 1.33. The molecule has 2 heterocycles. The number of ether oxygens (including phenoxy) is 1. The minimum Gasteiger partial charge on any atom is -0.379 e. The first-order valence-corrected chi connectivity index (χ1v) is 9.63. The van der Waals surface area contributed by atoms with E-state index in [0.717, 1.165) is 22.5 Å². The first-order chi connectivity index (χ1) is 12.5. The zero-order chi connectivity index (χ0) is 18.3. The lowest BCUT2D eigenvalue weighted by atomic mass is 9.90. The molecule has 0 N–H and O–H groups in total. The van der Waals surface area contributed by atoms with Crippen molar-refractivity contribution < 1.29 is 9.53 Å². The van der Waals surface area contributed by atoms with Crippen LogP contribution < -0.4 is 5.43 Å². The van der Waals surface area contributed by atoms with Gasteiger partial charge in [-0.3, -0.25) is 14.5 Å². The summed E-state index contributed by atoms with van der Waals surface area (Å²) in [5.41, 5.74) is -0.0393. The van der Waals surface area contributed by atoms with Crippen molar-refractivity contribution in [3.8, 4) is 0 Å². The van der Waals surface area contributed by atoms with Gasteiger partial charge >= 0.3 is 0 Å². The van der Waals surface area contributed by atoms with Crippen molar-refractivity contribution in [3.05, 3.63) is 58.3 Å². The Morgan fingerprint density at radius 2 is 1.73 bits per heavy atom. The van der Waals surface area contributed by atoms with Gasteiger partial charge < -0.3 is 4.74 Å². The number of Topliss-reactive ketones (excluding diaryl/α,β-unsaturated/α-hetero) is 1. The number of fused-ring (bicyclic) bond motifs is 2. The summed E-state index contributed by atoms with van der Waals surface area (Å²) < 4.78 is 7.28. The molecule has 0 amide bonds. The van der Waals surface area contributed by atoms with Crippen LogP contribution in [-0.2, 0) is 4.74 Å². The molecule has 1 fully saturated rings. The standard InChI is InChI=1S/C21H21NO3S/c1-21(2,22-9-11-25-12-10-22)20(24)14-7-8-18-16(13-14)19(23)15-5-3-4-6-17(15)26-18/h3-8,13H,9-12H2,1-2H3. The molecule has 0 radical (unpaired) electrons. The van der Waals surface area contributed by atoms with E-state index in [2.05, 4.69) is 4.90 Å². The van der Waals surface area contributed by atoms with Gasteiger partial charge in [0.25, 0.3) is 0 Å². The van der Waals surface area contributed by atoms with E-state index in [4.69, 9.17) is 4.74 Å². The number of carbonyl (C=O) groups excluding carboxylic acids is 1. The maximum Gasteiger partial charge on any atom is 0.195 e. The van der Waals surface area contributed by atoms with Crippen molar-refractivity contribution in [1.82, 2.24) is 4.90 Å². The van der Waals surface area contributed by atoms with Crippen LogP contribution in [0.2, 0.25) is 0 Å². The molecule has 0 bridgehead atoms. The van der Waals surface area contributed by atoms with Gasteiger partial charge in [0.2, 0.25) is 0 Å². The van der Waals surface area contributed by atoms with Crippen LogP contribution >= 0.6 is 11.3 Å². The molecule has 4 rings (SSSR count). The SMILES string of the molecule is CC(C)(C(=O)c1ccc2sc3ccccc3c(=O)c2c1)N1CCOCC1. The van der Waals surface area contributed by atoms with Crippen molar-refractivity contribution in [1.29, 1.82) is 0 Å². The molecule has 0 atom stereocenters. The summed E-state index contributed by atoms with van der Waals surface area (Å²) in [4.78, 5) is 28.2. The number of ketones is 1. The van der Waals surface area contributed by atoms with Crippen molar-refractivity contribution in [2.75, 3.05) is 26.3 Å². The fourth-order valence-electron chi connectivity index (χ4n) is 3.56. The number of benzene rings is 2. The molecule has 5 heteroatoms. The van der Waals surface area contributed by atoms with Gasteiger partial charge in [-0.25, -0.2) is 0 Å². The number of morpholine rings is 1. The second kappa shape index (κ2) is 6.58. The van der Waals surface area contributed by atoms with E-state index in [1.165, 1.54) is 0 Å².